The summed E-state index contributed by atoms with van der Waals surface area (Å²) in [6, 6.07) is 8.03. The van der Waals surface area contributed by atoms with Crippen LogP contribution in [0.5, 0.6) is 0 Å². The van der Waals surface area contributed by atoms with Crippen molar-refractivity contribution in [3.8, 4) is 0 Å². The predicted molar refractivity (Wildman–Crippen MR) is 108 cm³/mol. The maximum atomic E-state index is 13.0. The summed E-state index contributed by atoms with van der Waals surface area (Å²) in [4.78, 5) is 16.2. The number of carbonyl (C=O) groups excluding carboxylic acids is 1. The molecule has 2 fully saturated rings. The van der Waals surface area contributed by atoms with Crippen molar-refractivity contribution in [3.63, 3.8) is 0 Å². The predicted octanol–water partition coefficient (Wildman–Crippen LogP) is 5.83. The first-order valence-electron chi connectivity index (χ1n) is 10.0. The van der Waals surface area contributed by atoms with Gasteiger partial charge in [-0.2, -0.15) is 26.3 Å². The summed E-state index contributed by atoms with van der Waals surface area (Å²) in [5.74, 6) is -0.471. The lowest BCUT2D eigenvalue weighted by atomic mass is 10.1. The number of piperazine rings is 1. The smallest absolute Gasteiger partial charge is 0.367 e. The zero-order chi connectivity index (χ0) is 23.3. The molecule has 4 rings (SSSR count). The van der Waals surface area contributed by atoms with Crippen LogP contribution in [0, 0.1) is 5.92 Å². The van der Waals surface area contributed by atoms with Gasteiger partial charge in [0.15, 0.2) is 0 Å². The van der Waals surface area contributed by atoms with Crippen LogP contribution in [0.1, 0.15) is 29.0 Å². The van der Waals surface area contributed by atoms with Gasteiger partial charge in [-0.1, -0.05) is 23.7 Å². The van der Waals surface area contributed by atoms with Crippen LogP contribution in [-0.4, -0.2) is 37.0 Å². The van der Waals surface area contributed by atoms with Gasteiger partial charge < -0.3 is 9.80 Å². The molecule has 10 heteroatoms. The Morgan fingerprint density at radius 1 is 0.844 bits per heavy atom. The Morgan fingerprint density at radius 3 is 1.97 bits per heavy atom. The van der Waals surface area contributed by atoms with Crippen molar-refractivity contribution in [1.82, 2.24) is 4.90 Å². The Labute approximate surface area is 185 Å². The van der Waals surface area contributed by atoms with E-state index >= 15 is 0 Å². The van der Waals surface area contributed by atoms with E-state index in [4.69, 9.17) is 11.6 Å². The maximum absolute atomic E-state index is 13.0. The van der Waals surface area contributed by atoms with Crippen LogP contribution in [0.25, 0.3) is 0 Å². The second-order valence-corrected chi connectivity index (χ2v) is 8.45. The van der Waals surface area contributed by atoms with Gasteiger partial charge in [0, 0.05) is 32.1 Å². The summed E-state index contributed by atoms with van der Waals surface area (Å²) in [5.41, 5.74) is -0.532. The van der Waals surface area contributed by atoms with E-state index in [1.807, 2.05) is 0 Å². The Bertz CT molecular complexity index is 997. The zero-order valence-electron chi connectivity index (χ0n) is 16.7. The van der Waals surface area contributed by atoms with Gasteiger partial charge in [0.1, 0.15) is 0 Å². The second-order valence-electron chi connectivity index (χ2n) is 8.04. The molecule has 1 aliphatic carbocycles. The summed E-state index contributed by atoms with van der Waals surface area (Å²) in [6.07, 6.45) is -8.31. The highest BCUT2D eigenvalue weighted by Gasteiger charge is 2.46. The highest BCUT2D eigenvalue weighted by atomic mass is 35.5. The van der Waals surface area contributed by atoms with Crippen molar-refractivity contribution >= 4 is 23.2 Å². The molecule has 0 N–H and O–H groups in total. The first kappa shape index (κ1) is 22.8. The molecule has 1 amide bonds. The number of hydrogen-bond donors (Lipinski definition) is 0. The van der Waals surface area contributed by atoms with E-state index in [0.717, 1.165) is 24.3 Å². The van der Waals surface area contributed by atoms with E-state index in [9.17, 15) is 31.1 Å². The monoisotopic (exact) mass is 476 g/mol. The van der Waals surface area contributed by atoms with Crippen LogP contribution in [0.3, 0.4) is 0 Å². The molecule has 1 saturated carbocycles. The van der Waals surface area contributed by atoms with Gasteiger partial charge in [0.2, 0.25) is 5.91 Å². The van der Waals surface area contributed by atoms with Gasteiger partial charge in [-0.25, -0.2) is 0 Å². The average molecular weight is 477 g/mol. The van der Waals surface area contributed by atoms with Crippen LogP contribution in [0.15, 0.2) is 42.5 Å². The van der Waals surface area contributed by atoms with Crippen LogP contribution in [-0.2, 0) is 17.1 Å². The third kappa shape index (κ3) is 4.67. The number of rotatable bonds is 3. The molecule has 32 heavy (non-hydrogen) atoms. The fraction of sp³-hybridized carbons (Fsp3) is 0.409. The molecule has 172 valence electrons. The SMILES string of the molecule is O=C([C@@H]1C[C@@H]1c1ccc(C(F)(F)F)cc1)N1CCN(c2cc(C(F)(F)F)ccc2Cl)CC1. The van der Waals surface area contributed by atoms with Gasteiger partial charge in [-0.05, 0) is 48.2 Å². The normalized spacial score (nSPS) is 21.6. The molecule has 2 aromatic carbocycles. The standard InChI is InChI=1S/C22H19ClF6N2O/c23-18-6-5-15(22(27,28)29)11-19(18)30-7-9-31(10-8-30)20(32)17-12-16(17)13-1-3-14(4-2-13)21(24,25)26/h1-6,11,16-17H,7-10,12H2/t16-,17-/m1/s1. The van der Waals surface area contributed by atoms with E-state index in [1.165, 1.54) is 18.2 Å². The van der Waals surface area contributed by atoms with Crippen LogP contribution in [0.4, 0.5) is 32.0 Å². The number of nitrogens with zero attached hydrogens (tertiary/aromatic N) is 2. The van der Waals surface area contributed by atoms with E-state index in [2.05, 4.69) is 0 Å². The fourth-order valence-corrected chi connectivity index (χ4v) is 4.33. The van der Waals surface area contributed by atoms with Crippen LogP contribution in [0.2, 0.25) is 5.02 Å². The molecule has 1 saturated heterocycles. The summed E-state index contributed by atoms with van der Waals surface area (Å²) >= 11 is 6.11. The first-order valence-corrected chi connectivity index (χ1v) is 10.4. The third-order valence-corrected chi connectivity index (χ3v) is 6.30. The minimum absolute atomic E-state index is 0.0790. The van der Waals surface area contributed by atoms with Crippen molar-refractivity contribution in [2.75, 3.05) is 31.1 Å². The Hall–Kier alpha value is -2.42. The summed E-state index contributed by atoms with van der Waals surface area (Å²) in [5, 5.41) is 0.210. The van der Waals surface area contributed by atoms with Crippen molar-refractivity contribution in [2.45, 2.75) is 24.7 Å². The molecule has 2 atom stereocenters. The minimum atomic E-state index is -4.48. The molecule has 0 bridgehead atoms. The van der Waals surface area contributed by atoms with Gasteiger partial charge in [0.25, 0.3) is 0 Å². The lowest BCUT2D eigenvalue weighted by Crippen LogP contribution is -2.49. The maximum Gasteiger partial charge on any atom is 0.416 e. The average Bonchev–Trinajstić information content (AvgIpc) is 3.53. The summed E-state index contributed by atoms with van der Waals surface area (Å²) in [6.45, 7) is 1.35. The molecular weight excluding hydrogens is 458 g/mol. The minimum Gasteiger partial charge on any atom is -0.367 e. The van der Waals surface area contributed by atoms with E-state index in [-0.39, 0.29) is 28.5 Å². The lowest BCUT2D eigenvalue weighted by Gasteiger charge is -2.37. The fourth-order valence-electron chi connectivity index (χ4n) is 4.09. The molecule has 1 aliphatic heterocycles. The number of alkyl halides is 6. The Balaban J connectivity index is 1.36. The van der Waals surface area contributed by atoms with Crippen LogP contribution < -0.4 is 4.90 Å². The lowest BCUT2D eigenvalue weighted by molar-refractivity contribution is -0.138. The highest BCUT2D eigenvalue weighted by molar-refractivity contribution is 6.33. The Kier molecular flexibility index (Phi) is 5.81. The third-order valence-electron chi connectivity index (χ3n) is 5.98. The number of amides is 1. The largest absolute Gasteiger partial charge is 0.416 e. The summed E-state index contributed by atoms with van der Waals surface area (Å²) in [7, 11) is 0. The molecule has 2 aromatic rings. The van der Waals surface area contributed by atoms with Gasteiger partial charge in [-0.3, -0.25) is 4.79 Å². The zero-order valence-corrected chi connectivity index (χ0v) is 17.4. The van der Waals surface area contributed by atoms with Crippen LogP contribution >= 0.6 is 11.6 Å². The Morgan fingerprint density at radius 2 is 1.41 bits per heavy atom. The summed E-state index contributed by atoms with van der Waals surface area (Å²) < 4.78 is 77.2. The molecule has 0 spiro atoms. The molecule has 2 aliphatic rings. The van der Waals surface area contributed by atoms with E-state index in [0.29, 0.717) is 38.2 Å². The van der Waals surface area contributed by atoms with Gasteiger partial charge in [0.05, 0.1) is 21.8 Å². The van der Waals surface area contributed by atoms with Gasteiger partial charge >= 0.3 is 12.4 Å². The highest BCUT2D eigenvalue weighted by Crippen LogP contribution is 2.49. The molecule has 0 unspecified atom stereocenters. The number of anilines is 1. The van der Waals surface area contributed by atoms with Gasteiger partial charge in [-0.15, -0.1) is 0 Å². The van der Waals surface area contributed by atoms with Crippen molar-refractivity contribution in [1.29, 1.82) is 0 Å². The van der Waals surface area contributed by atoms with E-state index in [1.54, 1.807) is 9.80 Å². The molecule has 0 aromatic heterocycles. The number of carbonyl (C=O) groups is 1. The number of hydrogen-bond acceptors (Lipinski definition) is 2. The van der Waals surface area contributed by atoms with Crippen molar-refractivity contribution < 1.29 is 31.1 Å². The van der Waals surface area contributed by atoms with Crippen molar-refractivity contribution in [2.24, 2.45) is 5.92 Å². The second kappa shape index (κ2) is 8.17. The van der Waals surface area contributed by atoms with Crippen molar-refractivity contribution in [3.05, 3.63) is 64.2 Å². The van der Waals surface area contributed by atoms with E-state index < -0.39 is 23.5 Å². The number of halogens is 7. The quantitative estimate of drug-likeness (QED) is 0.520. The topological polar surface area (TPSA) is 23.6 Å². The molecular formula is C22H19ClF6N2O. The molecule has 3 nitrogen and oxygen atoms in total. The molecule has 0 radical (unpaired) electrons. The molecule has 1 heterocycles. The first-order chi connectivity index (χ1) is 14.9. The number of benzene rings is 2.